The summed E-state index contributed by atoms with van der Waals surface area (Å²) in [5.41, 5.74) is 0.254. The molecule has 0 saturated carbocycles. The second-order valence-electron chi connectivity index (χ2n) is 7.41. The maximum absolute atomic E-state index is 12.9. The number of rotatable bonds is 2. The van der Waals surface area contributed by atoms with Gasteiger partial charge in [0.25, 0.3) is 5.91 Å². The highest BCUT2D eigenvalue weighted by Gasteiger charge is 2.31. The lowest BCUT2D eigenvalue weighted by molar-refractivity contribution is 0.0678. The monoisotopic (exact) mass is 370 g/mol. The Balaban J connectivity index is 1.74. The van der Waals surface area contributed by atoms with E-state index in [0.717, 1.165) is 5.01 Å². The molecule has 136 valence electrons. The zero-order valence-electron chi connectivity index (χ0n) is 15.4. The van der Waals surface area contributed by atoms with Crippen molar-refractivity contribution in [3.63, 3.8) is 0 Å². The lowest BCUT2D eigenvalue weighted by Gasteiger charge is -2.40. The van der Waals surface area contributed by atoms with Gasteiger partial charge in [0.05, 0.1) is 11.2 Å². The molecule has 0 aliphatic carbocycles. The molecule has 1 saturated heterocycles. The van der Waals surface area contributed by atoms with Gasteiger partial charge < -0.3 is 9.80 Å². The number of anilines is 1. The zero-order valence-corrected chi connectivity index (χ0v) is 16.2. The predicted molar refractivity (Wildman–Crippen MR) is 100 cm³/mol. The van der Waals surface area contributed by atoms with Crippen LogP contribution in [-0.4, -0.2) is 51.4 Å². The highest BCUT2D eigenvalue weighted by molar-refractivity contribution is 7.13. The topological polar surface area (TPSA) is 86.0 Å². The first-order valence-corrected chi connectivity index (χ1v) is 9.36. The molecular formula is C18H22N6OS. The van der Waals surface area contributed by atoms with Gasteiger partial charge in [-0.25, -0.2) is 15.0 Å². The molecule has 0 bridgehead atoms. The van der Waals surface area contributed by atoms with Crippen molar-refractivity contribution in [2.24, 2.45) is 0 Å². The summed E-state index contributed by atoms with van der Waals surface area (Å²) >= 11 is 1.47. The van der Waals surface area contributed by atoms with Gasteiger partial charge in [-0.1, -0.05) is 20.8 Å². The van der Waals surface area contributed by atoms with Crippen LogP contribution in [0.5, 0.6) is 0 Å². The van der Waals surface area contributed by atoms with Crippen molar-refractivity contribution in [2.75, 3.05) is 24.5 Å². The first-order chi connectivity index (χ1) is 12.3. The lowest BCUT2D eigenvalue weighted by atomic mass is 9.98. The number of nitriles is 1. The molecule has 1 unspecified atom stereocenters. The van der Waals surface area contributed by atoms with Crippen molar-refractivity contribution < 1.29 is 4.79 Å². The van der Waals surface area contributed by atoms with Crippen molar-refractivity contribution >= 4 is 23.1 Å². The predicted octanol–water partition coefficient (Wildman–Crippen LogP) is 2.45. The van der Waals surface area contributed by atoms with E-state index in [4.69, 9.17) is 0 Å². The number of piperazine rings is 1. The number of thiazole rings is 1. The Morgan fingerprint density at radius 1 is 1.27 bits per heavy atom. The molecule has 1 aliphatic rings. The fourth-order valence-corrected chi connectivity index (χ4v) is 3.88. The van der Waals surface area contributed by atoms with Crippen molar-refractivity contribution in [3.8, 4) is 6.07 Å². The van der Waals surface area contributed by atoms with E-state index in [-0.39, 0.29) is 17.4 Å². The third kappa shape index (κ3) is 3.53. The van der Waals surface area contributed by atoms with E-state index in [9.17, 15) is 10.1 Å². The minimum atomic E-state index is -0.0623. The van der Waals surface area contributed by atoms with Crippen LogP contribution in [-0.2, 0) is 5.41 Å². The molecule has 2 aromatic heterocycles. The van der Waals surface area contributed by atoms with E-state index < -0.39 is 0 Å². The van der Waals surface area contributed by atoms with Crippen LogP contribution in [0.1, 0.15) is 48.1 Å². The van der Waals surface area contributed by atoms with Crippen molar-refractivity contribution in [1.82, 2.24) is 19.9 Å². The summed E-state index contributed by atoms with van der Waals surface area (Å²) in [5, 5.41) is 10.2. The summed E-state index contributed by atoms with van der Waals surface area (Å²) < 4.78 is 0. The minimum Gasteiger partial charge on any atom is -0.350 e. The highest BCUT2D eigenvalue weighted by Crippen LogP contribution is 2.28. The summed E-state index contributed by atoms with van der Waals surface area (Å²) in [4.78, 5) is 30.3. The average Bonchev–Trinajstić information content (AvgIpc) is 3.11. The quantitative estimate of drug-likeness (QED) is 0.807. The van der Waals surface area contributed by atoms with E-state index in [1.165, 1.54) is 17.5 Å². The Bertz CT molecular complexity index is 850. The Hall–Kier alpha value is -2.53. The van der Waals surface area contributed by atoms with Crippen LogP contribution >= 0.6 is 11.3 Å². The molecule has 0 spiro atoms. The highest BCUT2D eigenvalue weighted by atomic mass is 32.1. The van der Waals surface area contributed by atoms with Crippen LogP contribution in [0, 0.1) is 11.3 Å². The Labute approximate surface area is 157 Å². The van der Waals surface area contributed by atoms with Crippen LogP contribution in [0.25, 0.3) is 0 Å². The molecule has 1 amide bonds. The lowest BCUT2D eigenvalue weighted by Crippen LogP contribution is -2.54. The average molecular weight is 370 g/mol. The first-order valence-electron chi connectivity index (χ1n) is 8.54. The van der Waals surface area contributed by atoms with E-state index in [0.29, 0.717) is 36.0 Å². The van der Waals surface area contributed by atoms with Crippen LogP contribution in [0.4, 0.5) is 5.82 Å². The van der Waals surface area contributed by atoms with Crippen LogP contribution in [0.3, 0.4) is 0 Å². The van der Waals surface area contributed by atoms with Gasteiger partial charge in [-0.05, 0) is 6.92 Å². The number of carbonyl (C=O) groups excluding carboxylic acids is 1. The number of aromatic nitrogens is 3. The second-order valence-corrected chi connectivity index (χ2v) is 8.44. The standard InChI is InChI=1S/C18H22N6OS/c1-12-11-23(15-13(9-19)20-5-6-21-15)7-8-24(12)16(25)14-10-22-17(26-14)18(2,3)4/h5-6,10,12H,7-8,11H2,1-4H3. The van der Waals surface area contributed by atoms with Gasteiger partial charge in [0, 0.05) is 43.5 Å². The van der Waals surface area contributed by atoms with Crippen molar-refractivity contribution in [3.05, 3.63) is 34.2 Å². The first kappa shape index (κ1) is 18.3. The number of hydrogen-bond donors (Lipinski definition) is 0. The molecule has 1 atom stereocenters. The van der Waals surface area contributed by atoms with Gasteiger partial charge in [-0.15, -0.1) is 11.3 Å². The molecule has 2 aromatic rings. The number of carbonyl (C=O) groups is 1. The Kier molecular flexibility index (Phi) is 4.92. The fourth-order valence-electron chi connectivity index (χ4n) is 2.95. The SMILES string of the molecule is CC1CN(c2nccnc2C#N)CCN1C(=O)c1cnc(C(C)(C)C)s1. The van der Waals surface area contributed by atoms with Gasteiger partial charge in [-0.3, -0.25) is 4.79 Å². The van der Waals surface area contributed by atoms with Gasteiger partial charge in [0.15, 0.2) is 11.5 Å². The number of nitrogens with zero attached hydrogens (tertiary/aromatic N) is 6. The molecule has 8 heteroatoms. The summed E-state index contributed by atoms with van der Waals surface area (Å²) in [6, 6.07) is 2.09. The molecule has 3 rings (SSSR count). The van der Waals surface area contributed by atoms with E-state index in [1.54, 1.807) is 12.4 Å². The molecule has 0 N–H and O–H groups in total. The third-order valence-corrected chi connectivity index (χ3v) is 5.74. The molecule has 0 aromatic carbocycles. The molecule has 0 radical (unpaired) electrons. The number of amides is 1. The smallest absolute Gasteiger partial charge is 0.265 e. The number of hydrogen-bond acceptors (Lipinski definition) is 7. The van der Waals surface area contributed by atoms with E-state index in [2.05, 4.69) is 41.8 Å². The van der Waals surface area contributed by atoms with Gasteiger partial charge >= 0.3 is 0 Å². The maximum atomic E-state index is 12.9. The van der Waals surface area contributed by atoms with Crippen LogP contribution < -0.4 is 4.90 Å². The molecular weight excluding hydrogens is 348 g/mol. The van der Waals surface area contributed by atoms with Crippen LogP contribution in [0.2, 0.25) is 0 Å². The molecule has 7 nitrogen and oxygen atoms in total. The summed E-state index contributed by atoms with van der Waals surface area (Å²) in [6.45, 7) is 10.1. The normalized spacial score (nSPS) is 17.9. The Morgan fingerprint density at radius 3 is 2.62 bits per heavy atom. The third-order valence-electron chi connectivity index (χ3n) is 4.33. The van der Waals surface area contributed by atoms with Crippen molar-refractivity contribution in [1.29, 1.82) is 5.26 Å². The Morgan fingerprint density at radius 2 is 2.00 bits per heavy atom. The largest absolute Gasteiger partial charge is 0.350 e. The second kappa shape index (κ2) is 7.00. The summed E-state index contributed by atoms with van der Waals surface area (Å²) in [7, 11) is 0. The summed E-state index contributed by atoms with van der Waals surface area (Å²) in [6.07, 6.45) is 4.79. The minimum absolute atomic E-state index is 0.00462. The zero-order chi connectivity index (χ0) is 18.9. The van der Waals surface area contributed by atoms with Gasteiger partial charge in [0.2, 0.25) is 0 Å². The summed E-state index contributed by atoms with van der Waals surface area (Å²) in [5.74, 6) is 0.603. The van der Waals surface area contributed by atoms with Crippen LogP contribution in [0.15, 0.2) is 18.6 Å². The molecule has 26 heavy (non-hydrogen) atoms. The molecule has 1 aliphatic heterocycles. The van der Waals surface area contributed by atoms with Crippen molar-refractivity contribution in [2.45, 2.75) is 39.2 Å². The van der Waals surface area contributed by atoms with Gasteiger partial charge in [0.1, 0.15) is 10.9 Å². The van der Waals surface area contributed by atoms with Gasteiger partial charge in [-0.2, -0.15) is 5.26 Å². The van der Waals surface area contributed by atoms with E-state index >= 15 is 0 Å². The van der Waals surface area contributed by atoms with E-state index in [1.807, 2.05) is 16.7 Å². The fraction of sp³-hybridized carbons (Fsp3) is 0.500. The molecule has 3 heterocycles. The molecule has 1 fully saturated rings. The maximum Gasteiger partial charge on any atom is 0.265 e.